The van der Waals surface area contributed by atoms with E-state index in [0.717, 1.165) is 4.47 Å². The monoisotopic (exact) mass is 408 g/mol. The molecule has 24 heavy (non-hydrogen) atoms. The van der Waals surface area contributed by atoms with Crippen LogP contribution in [-0.2, 0) is 10.0 Å². The molecule has 1 aromatic heterocycles. The third-order valence-electron chi connectivity index (χ3n) is 3.25. The third-order valence-corrected chi connectivity index (χ3v) is 5.17. The Morgan fingerprint density at radius 1 is 1.17 bits per heavy atom. The number of nitrogens with one attached hydrogen (secondary N) is 1. The van der Waals surface area contributed by atoms with E-state index < -0.39 is 10.0 Å². The quantitative estimate of drug-likeness (QED) is 0.691. The standard InChI is InChI=1S/C16H13BrN2O4S/c1-22-15-9-11(14-7-8-18-23-14)5-6-16(15)24(20,21)19-13-4-2-3-12(17)10-13/h2-10,19H,1H3. The number of methoxy groups -OCH3 is 1. The average Bonchev–Trinajstić information content (AvgIpc) is 3.08. The van der Waals surface area contributed by atoms with Crippen molar-refractivity contribution in [2.24, 2.45) is 0 Å². The first-order chi connectivity index (χ1) is 11.5. The van der Waals surface area contributed by atoms with Gasteiger partial charge in [0.05, 0.1) is 13.3 Å². The Balaban J connectivity index is 1.98. The van der Waals surface area contributed by atoms with Crippen molar-refractivity contribution in [2.45, 2.75) is 4.90 Å². The van der Waals surface area contributed by atoms with Gasteiger partial charge in [-0.25, -0.2) is 8.42 Å². The molecule has 3 aromatic rings. The van der Waals surface area contributed by atoms with E-state index in [9.17, 15) is 8.42 Å². The van der Waals surface area contributed by atoms with Crippen LogP contribution in [0.3, 0.4) is 0 Å². The number of rotatable bonds is 5. The molecule has 0 bridgehead atoms. The van der Waals surface area contributed by atoms with Crippen LogP contribution in [0.25, 0.3) is 11.3 Å². The second-order valence-electron chi connectivity index (χ2n) is 4.86. The van der Waals surface area contributed by atoms with Crippen LogP contribution in [0, 0.1) is 0 Å². The summed E-state index contributed by atoms with van der Waals surface area (Å²) in [6, 6.07) is 13.3. The topological polar surface area (TPSA) is 81.4 Å². The van der Waals surface area contributed by atoms with Crippen LogP contribution in [-0.4, -0.2) is 20.7 Å². The summed E-state index contributed by atoms with van der Waals surface area (Å²) in [4.78, 5) is 0.0354. The Bertz CT molecular complexity index is 956. The lowest BCUT2D eigenvalue weighted by atomic mass is 10.1. The molecule has 0 amide bonds. The lowest BCUT2D eigenvalue weighted by Crippen LogP contribution is -2.14. The van der Waals surface area contributed by atoms with Crippen LogP contribution in [0.2, 0.25) is 0 Å². The Morgan fingerprint density at radius 2 is 2.00 bits per heavy atom. The molecule has 124 valence electrons. The molecule has 3 rings (SSSR count). The Hall–Kier alpha value is -2.32. The highest BCUT2D eigenvalue weighted by molar-refractivity contribution is 9.10. The molecule has 1 N–H and O–H groups in total. The molecule has 8 heteroatoms. The molecule has 0 fully saturated rings. The van der Waals surface area contributed by atoms with Gasteiger partial charge < -0.3 is 9.26 Å². The average molecular weight is 409 g/mol. The van der Waals surface area contributed by atoms with Gasteiger partial charge in [0.1, 0.15) is 10.6 Å². The number of ether oxygens (including phenoxy) is 1. The highest BCUT2D eigenvalue weighted by Gasteiger charge is 2.21. The third kappa shape index (κ3) is 3.44. The summed E-state index contributed by atoms with van der Waals surface area (Å²) in [6.45, 7) is 0. The van der Waals surface area contributed by atoms with Crippen LogP contribution in [0.5, 0.6) is 5.75 Å². The first-order valence-corrected chi connectivity index (χ1v) is 9.15. The molecule has 0 saturated heterocycles. The van der Waals surface area contributed by atoms with Gasteiger partial charge in [0, 0.05) is 21.8 Å². The lowest BCUT2D eigenvalue weighted by Gasteiger charge is -2.12. The summed E-state index contributed by atoms with van der Waals surface area (Å²) in [5.41, 5.74) is 1.12. The molecule has 0 radical (unpaired) electrons. The van der Waals surface area contributed by atoms with Crippen LogP contribution in [0.15, 0.2) is 68.6 Å². The number of hydrogen-bond donors (Lipinski definition) is 1. The van der Waals surface area contributed by atoms with Gasteiger partial charge in [-0.1, -0.05) is 27.2 Å². The fourth-order valence-corrected chi connectivity index (χ4v) is 3.77. The second-order valence-corrected chi connectivity index (χ2v) is 7.42. The van der Waals surface area contributed by atoms with Crippen LogP contribution >= 0.6 is 15.9 Å². The van der Waals surface area contributed by atoms with Crippen molar-refractivity contribution in [3.05, 3.63) is 59.2 Å². The van der Waals surface area contributed by atoms with Crippen molar-refractivity contribution in [2.75, 3.05) is 11.8 Å². The number of nitrogens with zero attached hydrogens (tertiary/aromatic N) is 1. The number of sulfonamides is 1. The van der Waals surface area contributed by atoms with Gasteiger partial charge >= 0.3 is 0 Å². The van der Waals surface area contributed by atoms with Crippen LogP contribution in [0.1, 0.15) is 0 Å². The maximum absolute atomic E-state index is 12.6. The van der Waals surface area contributed by atoms with Crippen molar-refractivity contribution < 1.29 is 17.7 Å². The predicted molar refractivity (Wildman–Crippen MR) is 93.4 cm³/mol. The molecule has 1 heterocycles. The van der Waals surface area contributed by atoms with Crippen molar-refractivity contribution in [1.29, 1.82) is 0 Å². The zero-order valence-corrected chi connectivity index (χ0v) is 15.0. The van der Waals surface area contributed by atoms with Crippen molar-refractivity contribution in [3.63, 3.8) is 0 Å². The number of benzene rings is 2. The molecule has 0 aliphatic carbocycles. The Labute approximate surface area is 147 Å². The smallest absolute Gasteiger partial charge is 0.265 e. The van der Waals surface area contributed by atoms with E-state index in [1.807, 2.05) is 6.07 Å². The van der Waals surface area contributed by atoms with Gasteiger partial charge in [0.25, 0.3) is 10.0 Å². The second kappa shape index (κ2) is 6.66. The Morgan fingerprint density at radius 3 is 2.67 bits per heavy atom. The van der Waals surface area contributed by atoms with Crippen molar-refractivity contribution in [3.8, 4) is 17.1 Å². The summed E-state index contributed by atoms with van der Waals surface area (Å²) in [5.74, 6) is 0.739. The van der Waals surface area contributed by atoms with E-state index in [4.69, 9.17) is 9.26 Å². The van der Waals surface area contributed by atoms with Crippen molar-refractivity contribution >= 4 is 31.6 Å². The maximum Gasteiger partial charge on any atom is 0.265 e. The van der Waals surface area contributed by atoms with Gasteiger partial charge in [-0.3, -0.25) is 4.72 Å². The Kier molecular flexibility index (Phi) is 4.59. The SMILES string of the molecule is COc1cc(-c2ccno2)ccc1S(=O)(=O)Nc1cccc(Br)c1. The molecule has 0 aliphatic rings. The van der Waals surface area contributed by atoms with Gasteiger partial charge in [-0.05, 0) is 36.4 Å². The lowest BCUT2D eigenvalue weighted by molar-refractivity contribution is 0.402. The summed E-state index contributed by atoms with van der Waals surface area (Å²) in [5, 5.41) is 3.64. The molecule has 0 atom stereocenters. The van der Waals surface area contributed by atoms with Gasteiger partial charge in [-0.2, -0.15) is 0 Å². The van der Waals surface area contributed by atoms with Gasteiger partial charge in [0.15, 0.2) is 5.76 Å². The molecule has 6 nitrogen and oxygen atoms in total. The first kappa shape index (κ1) is 16.5. The fourth-order valence-electron chi connectivity index (χ4n) is 2.17. The fraction of sp³-hybridized carbons (Fsp3) is 0.0625. The zero-order chi connectivity index (χ0) is 17.2. The predicted octanol–water partition coefficient (Wildman–Crippen LogP) is 3.91. The number of aromatic nitrogens is 1. The van der Waals surface area contributed by atoms with E-state index in [1.54, 1.807) is 36.4 Å². The highest BCUT2D eigenvalue weighted by atomic mass is 79.9. The molecule has 0 aliphatic heterocycles. The molecule has 0 spiro atoms. The largest absolute Gasteiger partial charge is 0.495 e. The number of anilines is 1. The van der Waals surface area contributed by atoms with E-state index in [2.05, 4.69) is 25.8 Å². The molecule has 0 unspecified atom stereocenters. The normalized spacial score (nSPS) is 11.2. The van der Waals surface area contributed by atoms with Gasteiger partial charge in [-0.15, -0.1) is 0 Å². The van der Waals surface area contributed by atoms with Crippen LogP contribution < -0.4 is 9.46 Å². The van der Waals surface area contributed by atoms with Crippen molar-refractivity contribution in [1.82, 2.24) is 5.16 Å². The summed E-state index contributed by atoms with van der Waals surface area (Å²) in [6.07, 6.45) is 1.52. The van der Waals surface area contributed by atoms with Crippen LogP contribution in [0.4, 0.5) is 5.69 Å². The molecular formula is C16H13BrN2O4S. The minimum absolute atomic E-state index is 0.0354. The first-order valence-electron chi connectivity index (χ1n) is 6.87. The van der Waals surface area contributed by atoms with E-state index in [-0.39, 0.29) is 10.6 Å². The minimum Gasteiger partial charge on any atom is -0.495 e. The minimum atomic E-state index is -3.80. The van der Waals surface area contributed by atoms with E-state index in [1.165, 1.54) is 19.4 Å². The molecule has 0 saturated carbocycles. The summed E-state index contributed by atoms with van der Waals surface area (Å²) >= 11 is 3.31. The maximum atomic E-state index is 12.6. The van der Waals surface area contributed by atoms with E-state index >= 15 is 0 Å². The molecule has 2 aromatic carbocycles. The highest BCUT2D eigenvalue weighted by Crippen LogP contribution is 2.31. The van der Waals surface area contributed by atoms with Gasteiger partial charge in [0.2, 0.25) is 0 Å². The zero-order valence-electron chi connectivity index (χ0n) is 12.6. The summed E-state index contributed by atoms with van der Waals surface area (Å²) < 4.78 is 38.9. The number of halogens is 1. The number of hydrogen-bond acceptors (Lipinski definition) is 5. The summed E-state index contributed by atoms with van der Waals surface area (Å²) in [7, 11) is -2.39. The molecular weight excluding hydrogens is 396 g/mol. The van der Waals surface area contributed by atoms with E-state index in [0.29, 0.717) is 17.0 Å².